The second kappa shape index (κ2) is 9.66. The lowest BCUT2D eigenvalue weighted by Gasteiger charge is -2.13. The maximum Gasteiger partial charge on any atom is 0.291 e. The third kappa shape index (κ3) is 4.80. The number of anilines is 1. The van der Waals surface area contributed by atoms with Gasteiger partial charge in [0.1, 0.15) is 5.76 Å². The number of non-ortho nitro benzene ring substituents is 1. The molecular formula is C23H18Cl2N4O5. The van der Waals surface area contributed by atoms with E-state index in [1.54, 1.807) is 19.1 Å². The number of amides is 2. The maximum absolute atomic E-state index is 12.9. The Bertz CT molecular complexity index is 1350. The molecule has 4 rings (SSSR count). The molecule has 0 saturated heterocycles. The van der Waals surface area contributed by atoms with Crippen LogP contribution in [-0.4, -0.2) is 22.4 Å². The molecule has 1 aliphatic rings. The summed E-state index contributed by atoms with van der Waals surface area (Å²) in [6, 6.07) is 10.1. The van der Waals surface area contributed by atoms with Crippen LogP contribution >= 0.6 is 23.2 Å². The van der Waals surface area contributed by atoms with E-state index in [9.17, 15) is 19.7 Å². The van der Waals surface area contributed by atoms with Crippen molar-refractivity contribution in [2.75, 3.05) is 5.32 Å². The van der Waals surface area contributed by atoms with Crippen molar-refractivity contribution in [2.45, 2.75) is 26.2 Å². The second-order valence-corrected chi connectivity index (χ2v) is 8.44. The molecule has 2 amide bonds. The molecular weight excluding hydrogens is 483 g/mol. The van der Waals surface area contributed by atoms with Gasteiger partial charge in [-0.1, -0.05) is 29.3 Å². The van der Waals surface area contributed by atoms with Crippen molar-refractivity contribution in [2.24, 2.45) is 5.10 Å². The zero-order valence-corrected chi connectivity index (χ0v) is 19.4. The lowest BCUT2D eigenvalue weighted by Crippen LogP contribution is -2.22. The van der Waals surface area contributed by atoms with Gasteiger partial charge in [0.05, 0.1) is 21.3 Å². The van der Waals surface area contributed by atoms with E-state index in [1.165, 1.54) is 30.3 Å². The predicted octanol–water partition coefficient (Wildman–Crippen LogP) is 5.53. The van der Waals surface area contributed by atoms with Crippen molar-refractivity contribution in [1.82, 2.24) is 5.43 Å². The molecule has 0 bridgehead atoms. The molecule has 3 aromatic rings. The Balaban J connectivity index is 1.57. The van der Waals surface area contributed by atoms with E-state index in [0.717, 1.165) is 0 Å². The topological polar surface area (TPSA) is 127 Å². The molecule has 2 aromatic carbocycles. The molecule has 0 unspecified atom stereocenters. The van der Waals surface area contributed by atoms with Gasteiger partial charge in [0.25, 0.3) is 17.5 Å². The molecule has 1 aliphatic carbocycles. The largest absolute Gasteiger partial charge is 0.455 e. The average Bonchev–Trinajstić information content (AvgIpc) is 3.17. The highest BCUT2D eigenvalue weighted by Gasteiger charge is 2.28. The van der Waals surface area contributed by atoms with Crippen LogP contribution in [0, 0.1) is 17.0 Å². The van der Waals surface area contributed by atoms with Gasteiger partial charge in [-0.2, -0.15) is 5.10 Å². The van der Waals surface area contributed by atoms with Crippen molar-refractivity contribution in [1.29, 1.82) is 0 Å². The Morgan fingerprint density at radius 2 is 1.91 bits per heavy atom. The molecule has 9 nitrogen and oxygen atoms in total. The van der Waals surface area contributed by atoms with Crippen LogP contribution in [0.15, 0.2) is 52.0 Å². The first kappa shape index (κ1) is 23.5. The summed E-state index contributed by atoms with van der Waals surface area (Å²) in [5.41, 5.74) is 4.51. The van der Waals surface area contributed by atoms with Gasteiger partial charge >= 0.3 is 0 Å². The van der Waals surface area contributed by atoms with Gasteiger partial charge in [-0.15, -0.1) is 0 Å². The Labute approximate surface area is 203 Å². The van der Waals surface area contributed by atoms with Gasteiger partial charge in [-0.05, 0) is 44.0 Å². The molecule has 0 spiro atoms. The highest BCUT2D eigenvalue weighted by molar-refractivity contribution is 6.35. The predicted molar refractivity (Wildman–Crippen MR) is 128 cm³/mol. The number of carbonyl (C=O) groups is 2. The summed E-state index contributed by atoms with van der Waals surface area (Å²) in [6.07, 6.45) is 1.88. The van der Waals surface area contributed by atoms with Gasteiger partial charge in [-0.3, -0.25) is 19.7 Å². The number of aryl methyl sites for hydroxylation is 1. The summed E-state index contributed by atoms with van der Waals surface area (Å²) in [6.45, 7) is 1.74. The van der Waals surface area contributed by atoms with Crippen LogP contribution in [-0.2, 0) is 6.42 Å². The number of fused-ring (bicyclic) bond motifs is 1. The lowest BCUT2D eigenvalue weighted by atomic mass is 9.93. The molecule has 34 heavy (non-hydrogen) atoms. The quantitative estimate of drug-likeness (QED) is 0.351. The summed E-state index contributed by atoms with van der Waals surface area (Å²) >= 11 is 12.1. The lowest BCUT2D eigenvalue weighted by molar-refractivity contribution is -0.384. The fourth-order valence-electron chi connectivity index (χ4n) is 3.71. The summed E-state index contributed by atoms with van der Waals surface area (Å²) in [5, 5.41) is 18.6. The zero-order valence-electron chi connectivity index (χ0n) is 17.9. The van der Waals surface area contributed by atoms with Crippen molar-refractivity contribution in [3.8, 4) is 0 Å². The fourth-order valence-corrected chi connectivity index (χ4v) is 4.05. The summed E-state index contributed by atoms with van der Waals surface area (Å²) in [4.78, 5) is 35.8. The highest BCUT2D eigenvalue weighted by Crippen LogP contribution is 2.31. The SMILES string of the molecule is Cc1c(C(=O)Nc2cc(Cl)ccc2Cl)oc2c1/C(=N/NC(=O)c1cccc([N+](=O)[O-])c1)CCC2. The standard InChI is InChI=1S/C23H18Cl2N4O5/c1-12-20-17(27-28-22(30)13-4-2-5-15(10-13)29(32)33)6-3-7-19(20)34-21(12)23(31)26-18-11-14(24)8-9-16(18)25/h2,4-5,8-11H,3,6-7H2,1H3,(H,26,31)(H,28,30)/b27-17+. The molecule has 0 saturated carbocycles. The Hall–Kier alpha value is -3.69. The van der Waals surface area contributed by atoms with Crippen LogP contribution < -0.4 is 10.7 Å². The van der Waals surface area contributed by atoms with Gasteiger partial charge in [0.2, 0.25) is 0 Å². The number of nitrogens with zero attached hydrogens (tertiary/aromatic N) is 2. The van der Waals surface area contributed by atoms with E-state index < -0.39 is 16.7 Å². The van der Waals surface area contributed by atoms with E-state index in [-0.39, 0.29) is 17.0 Å². The molecule has 0 aliphatic heterocycles. The molecule has 0 atom stereocenters. The van der Waals surface area contributed by atoms with Crippen molar-refractivity contribution < 1.29 is 18.9 Å². The zero-order chi connectivity index (χ0) is 24.4. The summed E-state index contributed by atoms with van der Waals surface area (Å²) in [5.74, 6) is -0.371. The number of hydrazone groups is 1. The second-order valence-electron chi connectivity index (χ2n) is 7.59. The van der Waals surface area contributed by atoms with Crippen LogP contribution in [0.3, 0.4) is 0 Å². The monoisotopic (exact) mass is 500 g/mol. The molecule has 0 fully saturated rings. The number of furan rings is 1. The van der Waals surface area contributed by atoms with E-state index >= 15 is 0 Å². The number of rotatable bonds is 5. The molecule has 2 N–H and O–H groups in total. The number of hydrogen-bond acceptors (Lipinski definition) is 6. The number of hydrogen-bond donors (Lipinski definition) is 2. The maximum atomic E-state index is 12.9. The van der Waals surface area contributed by atoms with Crippen LogP contribution in [0.5, 0.6) is 0 Å². The minimum absolute atomic E-state index is 0.108. The summed E-state index contributed by atoms with van der Waals surface area (Å²) < 4.78 is 5.85. The van der Waals surface area contributed by atoms with Crippen molar-refractivity contribution >= 4 is 52.1 Å². The number of nitrogens with one attached hydrogen (secondary N) is 2. The summed E-state index contributed by atoms with van der Waals surface area (Å²) in [7, 11) is 0. The molecule has 11 heteroatoms. The Kier molecular flexibility index (Phi) is 6.67. The smallest absolute Gasteiger partial charge is 0.291 e. The van der Waals surface area contributed by atoms with E-state index in [2.05, 4.69) is 15.8 Å². The number of nitro groups is 1. The molecule has 0 radical (unpaired) electrons. The third-order valence-corrected chi connectivity index (χ3v) is 5.88. The fraction of sp³-hybridized carbons (Fsp3) is 0.174. The molecule has 1 aromatic heterocycles. The van der Waals surface area contributed by atoms with Crippen molar-refractivity contribution in [3.05, 3.63) is 90.8 Å². The highest BCUT2D eigenvalue weighted by atomic mass is 35.5. The normalized spacial score (nSPS) is 13.9. The first-order valence-electron chi connectivity index (χ1n) is 10.2. The molecule has 174 valence electrons. The van der Waals surface area contributed by atoms with Gasteiger partial charge in [0.15, 0.2) is 5.76 Å². The average molecular weight is 501 g/mol. The number of benzene rings is 2. The third-order valence-electron chi connectivity index (χ3n) is 5.32. The first-order chi connectivity index (χ1) is 16.2. The van der Waals surface area contributed by atoms with Gasteiger partial charge < -0.3 is 9.73 Å². The van der Waals surface area contributed by atoms with E-state index in [0.29, 0.717) is 57.6 Å². The Morgan fingerprint density at radius 1 is 1.12 bits per heavy atom. The van der Waals surface area contributed by atoms with E-state index in [4.69, 9.17) is 27.6 Å². The number of nitro benzene ring substituents is 1. The number of halogens is 2. The van der Waals surface area contributed by atoms with Gasteiger partial charge in [-0.25, -0.2) is 5.43 Å². The van der Waals surface area contributed by atoms with Crippen LogP contribution in [0.25, 0.3) is 0 Å². The van der Waals surface area contributed by atoms with Crippen LogP contribution in [0.1, 0.15) is 50.6 Å². The van der Waals surface area contributed by atoms with Crippen LogP contribution in [0.2, 0.25) is 10.0 Å². The Morgan fingerprint density at radius 3 is 2.68 bits per heavy atom. The molecule has 1 heterocycles. The van der Waals surface area contributed by atoms with Gasteiger partial charge in [0, 0.05) is 40.3 Å². The number of carbonyl (C=O) groups excluding carboxylic acids is 2. The van der Waals surface area contributed by atoms with Crippen LogP contribution in [0.4, 0.5) is 11.4 Å². The van der Waals surface area contributed by atoms with Crippen molar-refractivity contribution in [3.63, 3.8) is 0 Å². The minimum atomic E-state index is -0.585. The van der Waals surface area contributed by atoms with E-state index in [1.807, 2.05) is 0 Å². The first-order valence-corrected chi connectivity index (χ1v) is 11.0. The minimum Gasteiger partial charge on any atom is -0.455 e.